The molecule has 2 atom stereocenters. The highest BCUT2D eigenvalue weighted by atomic mass is 32.2. The lowest BCUT2D eigenvalue weighted by Gasteiger charge is -2.36. The molecule has 0 unspecified atom stereocenters. The molecule has 3 rings (SSSR count). The van der Waals surface area contributed by atoms with Gasteiger partial charge in [0.05, 0.1) is 11.9 Å². The Morgan fingerprint density at radius 3 is 2.38 bits per heavy atom. The number of likely N-dealkylation sites (tertiary alicyclic amines) is 2. The van der Waals surface area contributed by atoms with Crippen molar-refractivity contribution in [2.24, 2.45) is 5.92 Å². The van der Waals surface area contributed by atoms with Gasteiger partial charge in [0.25, 0.3) is 0 Å². The minimum absolute atomic E-state index is 0.0323. The standard InChI is InChI=1S/C19H31N3O3S/c1-20(2)26(24,25)15-17-13-22(14-19(17)23)18-8-10-21(11-9-18)12-16-6-4-3-5-7-16/h3-7,17-19,23H,8-15H2,1-2H3/t17-,19-/m0/s1. The monoisotopic (exact) mass is 381 g/mol. The van der Waals surface area contributed by atoms with Gasteiger partial charge in [-0.25, -0.2) is 12.7 Å². The number of nitrogens with zero attached hydrogens (tertiary/aromatic N) is 3. The average Bonchev–Trinajstić information content (AvgIpc) is 2.96. The molecule has 0 radical (unpaired) electrons. The largest absolute Gasteiger partial charge is 0.391 e. The maximum Gasteiger partial charge on any atom is 0.214 e. The second kappa shape index (κ2) is 8.35. The fourth-order valence-electron chi connectivity index (χ4n) is 4.05. The van der Waals surface area contributed by atoms with Crippen LogP contribution in [-0.4, -0.2) is 85.8 Å². The summed E-state index contributed by atoms with van der Waals surface area (Å²) in [5.74, 6) is -0.158. The van der Waals surface area contributed by atoms with Crippen molar-refractivity contribution in [3.63, 3.8) is 0 Å². The van der Waals surface area contributed by atoms with Crippen molar-refractivity contribution in [3.8, 4) is 0 Å². The Kier molecular flexibility index (Phi) is 6.35. The Morgan fingerprint density at radius 2 is 1.77 bits per heavy atom. The molecule has 0 spiro atoms. The molecule has 1 aromatic carbocycles. The zero-order valence-corrected chi connectivity index (χ0v) is 16.6. The fourth-order valence-corrected chi connectivity index (χ4v) is 5.22. The number of rotatable bonds is 6. The van der Waals surface area contributed by atoms with Crippen LogP contribution < -0.4 is 0 Å². The predicted octanol–water partition coefficient (Wildman–Crippen LogP) is 0.835. The maximum atomic E-state index is 12.1. The Hall–Kier alpha value is -0.990. The van der Waals surface area contributed by atoms with Crippen molar-refractivity contribution in [1.82, 2.24) is 14.1 Å². The first-order valence-corrected chi connectivity index (χ1v) is 11.0. The molecule has 0 aliphatic carbocycles. The number of piperidine rings is 1. The van der Waals surface area contributed by atoms with Gasteiger partial charge >= 0.3 is 0 Å². The summed E-state index contributed by atoms with van der Waals surface area (Å²) in [6, 6.07) is 11.0. The molecular weight excluding hydrogens is 350 g/mol. The van der Waals surface area contributed by atoms with Gasteiger partial charge in [0, 0.05) is 45.7 Å². The van der Waals surface area contributed by atoms with E-state index in [1.165, 1.54) is 9.87 Å². The summed E-state index contributed by atoms with van der Waals surface area (Å²) in [7, 11) is -0.169. The highest BCUT2D eigenvalue weighted by Crippen LogP contribution is 2.26. The summed E-state index contributed by atoms with van der Waals surface area (Å²) in [6.45, 7) is 4.36. The Labute approximate surface area is 157 Å². The lowest BCUT2D eigenvalue weighted by Crippen LogP contribution is -2.44. The highest BCUT2D eigenvalue weighted by Gasteiger charge is 2.38. The Balaban J connectivity index is 1.49. The zero-order chi connectivity index (χ0) is 18.7. The first-order valence-electron chi connectivity index (χ1n) is 9.44. The SMILES string of the molecule is CN(C)S(=O)(=O)C[C@@H]1CN(C2CCN(Cc3ccccc3)CC2)C[C@@H]1O. The van der Waals surface area contributed by atoms with Gasteiger partial charge in [-0.2, -0.15) is 0 Å². The lowest BCUT2D eigenvalue weighted by atomic mass is 10.0. The first-order chi connectivity index (χ1) is 12.3. The van der Waals surface area contributed by atoms with Crippen LogP contribution >= 0.6 is 0 Å². The molecule has 0 aromatic heterocycles. The Morgan fingerprint density at radius 1 is 1.12 bits per heavy atom. The van der Waals surface area contributed by atoms with Gasteiger partial charge in [-0.15, -0.1) is 0 Å². The van der Waals surface area contributed by atoms with E-state index in [9.17, 15) is 13.5 Å². The third-order valence-corrected chi connectivity index (χ3v) is 7.70. The molecule has 1 N–H and O–H groups in total. The van der Waals surface area contributed by atoms with Crippen molar-refractivity contribution in [1.29, 1.82) is 0 Å². The maximum absolute atomic E-state index is 12.1. The molecule has 0 saturated carbocycles. The lowest BCUT2D eigenvalue weighted by molar-refractivity contribution is 0.105. The van der Waals surface area contributed by atoms with Crippen LogP contribution in [-0.2, 0) is 16.6 Å². The predicted molar refractivity (Wildman–Crippen MR) is 103 cm³/mol. The van der Waals surface area contributed by atoms with Gasteiger partial charge < -0.3 is 5.11 Å². The van der Waals surface area contributed by atoms with Gasteiger partial charge in [0.2, 0.25) is 10.0 Å². The summed E-state index contributed by atoms with van der Waals surface area (Å²) >= 11 is 0. The molecule has 2 saturated heterocycles. The minimum atomic E-state index is -3.27. The summed E-state index contributed by atoms with van der Waals surface area (Å²) in [6.07, 6.45) is 1.60. The van der Waals surface area contributed by atoms with Gasteiger partial charge in [-0.3, -0.25) is 9.80 Å². The number of aliphatic hydroxyl groups is 1. The normalized spacial score (nSPS) is 26.6. The van der Waals surface area contributed by atoms with Crippen LogP contribution in [0.25, 0.3) is 0 Å². The van der Waals surface area contributed by atoms with Crippen LogP contribution in [0.3, 0.4) is 0 Å². The van der Waals surface area contributed by atoms with E-state index in [4.69, 9.17) is 0 Å². The number of β-amino-alcohol motifs (C(OH)–C–C–N with tert-alkyl or cyclic N) is 1. The summed E-state index contributed by atoms with van der Waals surface area (Å²) < 4.78 is 25.5. The smallest absolute Gasteiger partial charge is 0.214 e. The molecule has 26 heavy (non-hydrogen) atoms. The topological polar surface area (TPSA) is 64.1 Å². The quantitative estimate of drug-likeness (QED) is 0.791. The first kappa shape index (κ1) is 19.8. The number of aliphatic hydroxyl groups excluding tert-OH is 1. The van der Waals surface area contributed by atoms with Crippen molar-refractivity contribution in [2.75, 3.05) is 46.0 Å². The molecule has 0 bridgehead atoms. The van der Waals surface area contributed by atoms with Gasteiger partial charge in [-0.05, 0) is 31.5 Å². The van der Waals surface area contributed by atoms with Crippen LogP contribution in [0.2, 0.25) is 0 Å². The van der Waals surface area contributed by atoms with Crippen LogP contribution in [0.15, 0.2) is 30.3 Å². The van der Waals surface area contributed by atoms with Gasteiger partial charge in [0.1, 0.15) is 0 Å². The molecule has 6 nitrogen and oxygen atoms in total. The van der Waals surface area contributed by atoms with Gasteiger partial charge in [0.15, 0.2) is 0 Å². The van der Waals surface area contributed by atoms with E-state index in [1.807, 2.05) is 6.07 Å². The number of hydrogen-bond acceptors (Lipinski definition) is 5. The van der Waals surface area contributed by atoms with Crippen LogP contribution in [0.1, 0.15) is 18.4 Å². The summed E-state index contributed by atoms with van der Waals surface area (Å²) in [4.78, 5) is 4.78. The van der Waals surface area contributed by atoms with Crippen molar-refractivity contribution in [3.05, 3.63) is 35.9 Å². The molecule has 146 valence electrons. The van der Waals surface area contributed by atoms with E-state index in [0.717, 1.165) is 32.5 Å². The second-order valence-electron chi connectivity index (χ2n) is 7.84. The number of benzene rings is 1. The number of hydrogen-bond donors (Lipinski definition) is 1. The van der Waals surface area contributed by atoms with E-state index < -0.39 is 16.1 Å². The van der Waals surface area contributed by atoms with Crippen LogP contribution in [0.4, 0.5) is 0 Å². The van der Waals surface area contributed by atoms with Gasteiger partial charge in [-0.1, -0.05) is 30.3 Å². The molecule has 2 fully saturated rings. The summed E-state index contributed by atoms with van der Waals surface area (Å²) in [5.41, 5.74) is 1.34. The molecule has 2 aliphatic rings. The molecular formula is C19H31N3O3S. The summed E-state index contributed by atoms with van der Waals surface area (Å²) in [5, 5.41) is 10.3. The highest BCUT2D eigenvalue weighted by molar-refractivity contribution is 7.89. The fraction of sp³-hybridized carbons (Fsp3) is 0.684. The molecule has 0 amide bonds. The average molecular weight is 382 g/mol. The molecule has 2 aliphatic heterocycles. The molecule has 7 heteroatoms. The van der Waals surface area contributed by atoms with Crippen molar-refractivity contribution >= 4 is 10.0 Å². The Bertz CT molecular complexity index is 673. The minimum Gasteiger partial charge on any atom is -0.391 e. The number of sulfonamides is 1. The van der Waals surface area contributed by atoms with Crippen molar-refractivity contribution < 1.29 is 13.5 Å². The van der Waals surface area contributed by atoms with Crippen LogP contribution in [0.5, 0.6) is 0 Å². The third kappa shape index (κ3) is 4.84. The van der Waals surface area contributed by atoms with E-state index in [-0.39, 0.29) is 11.7 Å². The van der Waals surface area contributed by atoms with E-state index in [0.29, 0.717) is 19.1 Å². The third-order valence-electron chi connectivity index (χ3n) is 5.74. The molecule has 2 heterocycles. The van der Waals surface area contributed by atoms with Crippen LogP contribution in [0, 0.1) is 5.92 Å². The zero-order valence-electron chi connectivity index (χ0n) is 15.8. The molecule has 1 aromatic rings. The van der Waals surface area contributed by atoms with E-state index >= 15 is 0 Å². The second-order valence-corrected chi connectivity index (χ2v) is 10.1. The van der Waals surface area contributed by atoms with Crippen molar-refractivity contribution in [2.45, 2.75) is 31.5 Å². The van der Waals surface area contributed by atoms with E-state index in [2.05, 4.69) is 34.1 Å². The van der Waals surface area contributed by atoms with E-state index in [1.54, 1.807) is 14.1 Å².